The molecule has 344 valence electrons. The molecular weight excluding hydrogens is 876 g/mol. The lowest BCUT2D eigenvalue weighted by molar-refractivity contribution is -0.223. The molecule has 0 N–H and O–H groups in total. The van der Waals surface area contributed by atoms with Gasteiger partial charge in [-0.3, -0.25) is 0 Å². The molecule has 0 spiro atoms. The van der Waals surface area contributed by atoms with Crippen LogP contribution in [0.5, 0.6) is 23.0 Å². The largest absolute Gasteiger partial charge is 0.549 e. The first kappa shape index (κ1) is 48.7. The van der Waals surface area contributed by atoms with Crippen molar-refractivity contribution in [3.05, 3.63) is 119 Å². The molecule has 4 aromatic carbocycles. The molecule has 0 heterocycles. The van der Waals surface area contributed by atoms with E-state index >= 15 is 0 Å². The number of carbonyl (C=O) groups is 8. The van der Waals surface area contributed by atoms with Crippen LogP contribution in [0.2, 0.25) is 0 Å². The lowest BCUT2D eigenvalue weighted by Crippen LogP contribution is -2.44. The molecule has 0 saturated heterocycles. The predicted octanol–water partition coefficient (Wildman–Crippen LogP) is 5.71. The molecule has 4 aromatic rings. The van der Waals surface area contributed by atoms with Crippen molar-refractivity contribution in [2.75, 3.05) is 54.9 Å². The van der Waals surface area contributed by atoms with E-state index in [4.69, 9.17) is 37.9 Å². The van der Waals surface area contributed by atoms with Crippen LogP contribution < -0.4 is 18.9 Å². The third kappa shape index (κ3) is 15.8. The average Bonchev–Trinajstić information content (AvgIpc) is 3.35. The number of carbonyl (C=O) groups excluding carboxylic acids is 8. The maximum Gasteiger partial charge on any atom is 0.549 e. The lowest BCUT2D eigenvalue weighted by Gasteiger charge is -2.30. The van der Waals surface area contributed by atoms with Crippen molar-refractivity contribution in [3.63, 3.8) is 0 Å². The first-order valence-corrected chi connectivity index (χ1v) is 18.1. The quantitative estimate of drug-likeness (QED) is 0.0563. The minimum atomic E-state index is -2.29. The van der Waals surface area contributed by atoms with E-state index in [1.54, 1.807) is 0 Å². The summed E-state index contributed by atoms with van der Waals surface area (Å²) in [6.45, 7) is -4.58. The SMILES string of the molecule is COc1cccc(C(=O)OOC(=O)OCC(COC(=O)OOC(=O)c2cccc(OC)c2)(COC(=O)OOC(=O)c2cccc(OC)c2)COC(=O)OOC(=O)c2cccc(OC)c2)c1. The zero-order valence-corrected chi connectivity index (χ0v) is 34.4. The van der Waals surface area contributed by atoms with Crippen molar-refractivity contribution >= 4 is 48.5 Å². The van der Waals surface area contributed by atoms with E-state index < -0.39 is 80.3 Å². The van der Waals surface area contributed by atoms with Gasteiger partial charge in [0.1, 0.15) is 54.8 Å². The van der Waals surface area contributed by atoms with Gasteiger partial charge < -0.3 is 37.9 Å². The maximum atomic E-state index is 12.7. The van der Waals surface area contributed by atoms with Gasteiger partial charge in [-0.2, -0.15) is 19.2 Å². The van der Waals surface area contributed by atoms with Gasteiger partial charge in [-0.1, -0.05) is 24.3 Å². The summed E-state index contributed by atoms with van der Waals surface area (Å²) in [5.74, 6) is -3.75. The maximum absolute atomic E-state index is 12.7. The van der Waals surface area contributed by atoms with Crippen LogP contribution in [0.25, 0.3) is 0 Å². The van der Waals surface area contributed by atoms with E-state index in [1.807, 2.05) is 0 Å². The Morgan fingerprint density at radius 2 is 0.554 bits per heavy atom. The molecule has 24 nitrogen and oxygen atoms in total. The predicted molar refractivity (Wildman–Crippen MR) is 206 cm³/mol. The van der Waals surface area contributed by atoms with Gasteiger partial charge in [-0.15, -0.1) is 0 Å². The molecule has 0 saturated carbocycles. The normalized spacial score (nSPS) is 10.3. The molecule has 0 fully saturated rings. The van der Waals surface area contributed by atoms with Gasteiger partial charge in [-0.05, 0) is 72.8 Å². The minimum Gasteiger partial charge on any atom is -0.497 e. The third-order valence-electron chi connectivity index (χ3n) is 7.95. The summed E-state index contributed by atoms with van der Waals surface area (Å²) in [5, 5.41) is 0. The van der Waals surface area contributed by atoms with Crippen molar-refractivity contribution in [2.24, 2.45) is 5.41 Å². The highest BCUT2D eigenvalue weighted by atomic mass is 17.3. The van der Waals surface area contributed by atoms with Gasteiger partial charge in [0.2, 0.25) is 0 Å². The smallest absolute Gasteiger partial charge is 0.497 e. The second kappa shape index (κ2) is 24.5. The molecule has 0 aliphatic rings. The molecule has 0 bridgehead atoms. The van der Waals surface area contributed by atoms with Crippen LogP contribution in [0.3, 0.4) is 0 Å². The molecule has 0 aliphatic carbocycles. The molecule has 0 unspecified atom stereocenters. The van der Waals surface area contributed by atoms with Crippen LogP contribution >= 0.6 is 0 Å². The Kier molecular flexibility index (Phi) is 18.3. The van der Waals surface area contributed by atoms with Crippen LogP contribution in [0.4, 0.5) is 19.2 Å². The summed E-state index contributed by atoms with van der Waals surface area (Å²) in [7, 11) is 5.33. The van der Waals surface area contributed by atoms with Gasteiger partial charge >= 0.3 is 48.5 Å². The van der Waals surface area contributed by atoms with Crippen molar-refractivity contribution in [2.45, 2.75) is 0 Å². The van der Waals surface area contributed by atoms with Gasteiger partial charge in [0.25, 0.3) is 0 Å². The number of benzene rings is 4. The van der Waals surface area contributed by atoms with Crippen molar-refractivity contribution in [1.29, 1.82) is 0 Å². The number of hydrogen-bond donors (Lipinski definition) is 0. The molecule has 0 aromatic heterocycles. The summed E-state index contributed by atoms with van der Waals surface area (Å²) < 4.78 is 40.2. The molecule has 0 amide bonds. The molecule has 0 radical (unpaired) electrons. The van der Waals surface area contributed by atoms with Gasteiger partial charge in [0, 0.05) is 0 Å². The van der Waals surface area contributed by atoms with E-state index in [2.05, 4.69) is 39.1 Å². The summed E-state index contributed by atoms with van der Waals surface area (Å²) >= 11 is 0. The zero-order chi connectivity index (χ0) is 47.2. The van der Waals surface area contributed by atoms with E-state index in [0.717, 1.165) is 0 Å². The Hall–Kier alpha value is -8.96. The summed E-state index contributed by atoms with van der Waals surface area (Å²) in [4.78, 5) is 137. The summed E-state index contributed by atoms with van der Waals surface area (Å²) in [5.41, 5.74) is -2.78. The molecular formula is C41H36O24. The van der Waals surface area contributed by atoms with Crippen LogP contribution in [0.15, 0.2) is 97.1 Å². The van der Waals surface area contributed by atoms with Gasteiger partial charge in [-0.25, -0.2) is 58.3 Å². The van der Waals surface area contributed by atoms with Crippen LogP contribution in [0.1, 0.15) is 41.4 Å². The first-order valence-electron chi connectivity index (χ1n) is 18.1. The van der Waals surface area contributed by atoms with Crippen LogP contribution in [-0.2, 0) is 58.0 Å². The number of rotatable bonds is 16. The Labute approximate surface area is 366 Å². The second-order valence-corrected chi connectivity index (χ2v) is 12.4. The van der Waals surface area contributed by atoms with E-state index in [0.29, 0.717) is 0 Å². The van der Waals surface area contributed by atoms with E-state index in [1.165, 1.54) is 126 Å². The molecule has 0 aliphatic heterocycles. The van der Waals surface area contributed by atoms with Gasteiger partial charge in [0.15, 0.2) is 0 Å². The minimum absolute atomic E-state index is 0.122. The Morgan fingerprint density at radius 1 is 0.338 bits per heavy atom. The second-order valence-electron chi connectivity index (χ2n) is 12.4. The molecule has 24 heteroatoms. The van der Waals surface area contributed by atoms with E-state index in [-0.39, 0.29) is 45.3 Å². The molecule has 65 heavy (non-hydrogen) atoms. The zero-order valence-electron chi connectivity index (χ0n) is 34.4. The van der Waals surface area contributed by atoms with Crippen LogP contribution in [-0.4, -0.2) is 103 Å². The fourth-order valence-electron chi connectivity index (χ4n) is 4.67. The van der Waals surface area contributed by atoms with Crippen molar-refractivity contribution < 1.29 is 115 Å². The topological polar surface area (TPSA) is 284 Å². The number of ether oxygens (including phenoxy) is 8. The average molecular weight is 913 g/mol. The first-order chi connectivity index (χ1) is 31.3. The Balaban J connectivity index is 1.51. The lowest BCUT2D eigenvalue weighted by atomic mass is 9.92. The van der Waals surface area contributed by atoms with Crippen LogP contribution in [0, 0.1) is 5.41 Å². The van der Waals surface area contributed by atoms with Crippen molar-refractivity contribution in [1.82, 2.24) is 0 Å². The highest BCUT2D eigenvalue weighted by Gasteiger charge is 2.40. The molecule has 4 rings (SSSR count). The number of methoxy groups -OCH3 is 4. The van der Waals surface area contributed by atoms with Crippen molar-refractivity contribution in [3.8, 4) is 23.0 Å². The highest BCUT2D eigenvalue weighted by molar-refractivity contribution is 5.91. The van der Waals surface area contributed by atoms with E-state index in [9.17, 15) is 38.4 Å². The fourth-order valence-corrected chi connectivity index (χ4v) is 4.67. The summed E-state index contributed by atoms with van der Waals surface area (Å²) in [6, 6.07) is 22.0. The standard InChI is InChI=1S/C41H36O24/c1-50-29-13-5-9-25(17-29)33(42)58-62-37(46)54-21-41(22-55-38(47)63-59-34(43)26-10-6-14-30(18-26)51-2,23-56-39(48)64-60-35(44)27-11-7-15-31(19-27)52-3)24-57-40(49)65-61-36(45)28-12-8-16-32(20-28)53-4/h5-20H,21-24H2,1-4H3. The Bertz CT molecular complexity index is 2000. The third-order valence-corrected chi connectivity index (χ3v) is 7.95. The number of hydrogen-bond acceptors (Lipinski definition) is 24. The Morgan fingerprint density at radius 3 is 0.754 bits per heavy atom. The highest BCUT2D eigenvalue weighted by Crippen LogP contribution is 2.24. The fraction of sp³-hybridized carbons (Fsp3) is 0.220. The van der Waals surface area contributed by atoms with Gasteiger partial charge in [0.05, 0.1) is 50.7 Å². The molecule has 0 atom stereocenters. The monoisotopic (exact) mass is 912 g/mol. The summed E-state index contributed by atoms with van der Waals surface area (Å²) in [6.07, 6.45) is -6.98.